The molecule has 0 nitrogen and oxygen atoms in total. The van der Waals surface area contributed by atoms with Crippen LogP contribution in [0.5, 0.6) is 0 Å². The van der Waals surface area contributed by atoms with Gasteiger partial charge in [0.15, 0.2) is 5.83 Å². The van der Waals surface area contributed by atoms with E-state index in [4.69, 9.17) is 11.6 Å². The van der Waals surface area contributed by atoms with Gasteiger partial charge >= 0.3 is 4.59 Å². The first-order valence-electron chi connectivity index (χ1n) is 1.51. The minimum Gasteiger partial charge on any atom is -0.204 e. The Bertz CT molecular complexity index is 104. The van der Waals surface area contributed by atoms with Gasteiger partial charge in [0.2, 0.25) is 0 Å². The molecule has 0 amide bonds. The fourth-order valence-electron chi connectivity index (χ4n) is 0.0619. The number of rotatable bonds is 1. The number of allylic oxidation sites excluding steroid dienone is 1. The third-order valence-corrected chi connectivity index (χ3v) is 0.919. The van der Waals surface area contributed by atoms with Crippen molar-refractivity contribution < 1.29 is 8.78 Å². The summed E-state index contributed by atoms with van der Waals surface area (Å²) in [6.07, 6.45) is 0. The molecular formula is C3HCl3F2. The maximum Gasteiger partial charge on any atom is 0.310 e. The summed E-state index contributed by atoms with van der Waals surface area (Å²) in [7, 11) is 0. The molecule has 48 valence electrons. The molecule has 0 aromatic carbocycles. The van der Waals surface area contributed by atoms with Crippen molar-refractivity contribution in [2.45, 2.75) is 4.59 Å². The predicted molar refractivity (Wildman–Crippen MR) is 30.6 cm³/mol. The van der Waals surface area contributed by atoms with Gasteiger partial charge in [-0.25, -0.2) is 4.39 Å². The highest BCUT2D eigenvalue weighted by Gasteiger charge is 2.28. The Hall–Kier alpha value is 0.470. The lowest BCUT2D eigenvalue weighted by molar-refractivity contribution is 0.376. The molecule has 0 aromatic rings. The lowest BCUT2D eigenvalue weighted by atomic mass is 10.7. The number of hydrogen-bond donors (Lipinski definition) is 0. The summed E-state index contributed by atoms with van der Waals surface area (Å²) >= 11 is 13.8. The number of halogens is 5. The molecule has 0 unspecified atom stereocenters. The van der Waals surface area contributed by atoms with Crippen LogP contribution in [0.3, 0.4) is 0 Å². The largest absolute Gasteiger partial charge is 0.310 e. The van der Waals surface area contributed by atoms with Crippen LogP contribution in [-0.4, -0.2) is 4.59 Å². The average Bonchev–Trinajstić information content (AvgIpc) is 1.62. The van der Waals surface area contributed by atoms with Gasteiger partial charge < -0.3 is 0 Å². The summed E-state index contributed by atoms with van der Waals surface area (Å²) in [5.74, 6) is -1.41. The molecule has 0 bridgehead atoms. The minimum atomic E-state index is -2.98. The monoisotopic (exact) mass is 180 g/mol. The molecule has 0 saturated heterocycles. The zero-order chi connectivity index (χ0) is 6.78. The van der Waals surface area contributed by atoms with E-state index in [-0.39, 0.29) is 0 Å². The Morgan fingerprint density at radius 2 is 1.88 bits per heavy atom. The highest BCUT2D eigenvalue weighted by Crippen LogP contribution is 2.32. The van der Waals surface area contributed by atoms with Crippen molar-refractivity contribution in [2.75, 3.05) is 0 Å². The van der Waals surface area contributed by atoms with Crippen LogP contribution in [0.1, 0.15) is 0 Å². The first kappa shape index (κ1) is 8.47. The summed E-state index contributed by atoms with van der Waals surface area (Å²) in [5.41, 5.74) is 0.333. The van der Waals surface area contributed by atoms with Crippen LogP contribution in [0.25, 0.3) is 0 Å². The van der Waals surface area contributed by atoms with Gasteiger partial charge in [0, 0.05) is 5.54 Å². The van der Waals surface area contributed by atoms with Gasteiger partial charge in [0.05, 0.1) is 0 Å². The highest BCUT2D eigenvalue weighted by molar-refractivity contribution is 6.49. The van der Waals surface area contributed by atoms with Crippen LogP contribution in [0.15, 0.2) is 11.4 Å². The second-order valence-electron chi connectivity index (χ2n) is 0.955. The normalized spacial score (nSPS) is 14.4. The van der Waals surface area contributed by atoms with Crippen LogP contribution in [0.4, 0.5) is 8.78 Å². The van der Waals surface area contributed by atoms with E-state index in [9.17, 15) is 8.78 Å². The SMILES string of the molecule is FC(=CCl)C(F)(Cl)Cl. The van der Waals surface area contributed by atoms with Crippen molar-refractivity contribution >= 4 is 34.8 Å². The van der Waals surface area contributed by atoms with E-state index in [2.05, 4.69) is 23.2 Å². The molecule has 0 fully saturated rings. The second-order valence-corrected chi connectivity index (χ2v) is 2.41. The molecule has 0 saturated carbocycles. The van der Waals surface area contributed by atoms with Crippen LogP contribution in [0, 0.1) is 0 Å². The summed E-state index contributed by atoms with van der Waals surface area (Å²) in [5, 5.41) is 0. The molecule has 0 radical (unpaired) electrons. The van der Waals surface area contributed by atoms with Crippen molar-refractivity contribution in [1.29, 1.82) is 0 Å². The summed E-state index contributed by atoms with van der Waals surface area (Å²) in [6, 6.07) is 0. The van der Waals surface area contributed by atoms with E-state index >= 15 is 0 Å². The number of alkyl halides is 3. The standard InChI is InChI=1S/C3HCl3F2/c4-1-2(7)3(5,6)8/h1H. The lowest BCUT2D eigenvalue weighted by Crippen LogP contribution is -2.02. The smallest absolute Gasteiger partial charge is 0.204 e. The summed E-state index contributed by atoms with van der Waals surface area (Å²) in [6.45, 7) is 0. The van der Waals surface area contributed by atoms with Crippen LogP contribution in [0.2, 0.25) is 0 Å². The third kappa shape index (κ3) is 2.70. The molecular weight excluding hydrogens is 180 g/mol. The first-order valence-corrected chi connectivity index (χ1v) is 2.71. The fourth-order valence-corrected chi connectivity index (χ4v) is 0.433. The molecule has 0 spiro atoms. The molecule has 0 heterocycles. The topological polar surface area (TPSA) is 0 Å². The Labute approximate surface area is 60.0 Å². The Balaban J connectivity index is 4.03. The molecule has 0 N–H and O–H groups in total. The predicted octanol–water partition coefficient (Wildman–Crippen LogP) is 3.14. The number of hydrogen-bond acceptors (Lipinski definition) is 0. The summed E-state index contributed by atoms with van der Waals surface area (Å²) < 4.78 is 20.5. The van der Waals surface area contributed by atoms with Gasteiger partial charge in [-0.3, -0.25) is 0 Å². The van der Waals surface area contributed by atoms with Crippen LogP contribution in [-0.2, 0) is 0 Å². The highest BCUT2D eigenvalue weighted by atomic mass is 35.5. The quantitative estimate of drug-likeness (QED) is 0.545. The van der Waals surface area contributed by atoms with Gasteiger partial charge in [0.1, 0.15) is 0 Å². The molecule has 0 aliphatic carbocycles. The van der Waals surface area contributed by atoms with Crippen LogP contribution < -0.4 is 0 Å². The van der Waals surface area contributed by atoms with Crippen molar-refractivity contribution in [1.82, 2.24) is 0 Å². The lowest BCUT2D eigenvalue weighted by Gasteiger charge is -2.02. The maximum atomic E-state index is 11.8. The first-order chi connectivity index (χ1) is 3.48. The van der Waals surface area contributed by atoms with E-state index in [1.807, 2.05) is 0 Å². The Morgan fingerprint density at radius 3 is 1.88 bits per heavy atom. The fraction of sp³-hybridized carbons (Fsp3) is 0.333. The van der Waals surface area contributed by atoms with E-state index < -0.39 is 10.4 Å². The average molecular weight is 181 g/mol. The Morgan fingerprint density at radius 1 is 1.50 bits per heavy atom. The molecule has 0 atom stereocenters. The minimum absolute atomic E-state index is 0.333. The molecule has 0 aliphatic heterocycles. The van der Waals surface area contributed by atoms with Gasteiger partial charge in [-0.2, -0.15) is 4.39 Å². The molecule has 0 aromatic heterocycles. The maximum absolute atomic E-state index is 11.8. The Kier molecular flexibility index (Phi) is 3.02. The van der Waals surface area contributed by atoms with E-state index in [1.165, 1.54) is 0 Å². The van der Waals surface area contributed by atoms with E-state index in [1.54, 1.807) is 0 Å². The van der Waals surface area contributed by atoms with Crippen LogP contribution >= 0.6 is 34.8 Å². The van der Waals surface area contributed by atoms with E-state index in [0.29, 0.717) is 5.54 Å². The molecule has 0 aliphatic rings. The summed E-state index contributed by atoms with van der Waals surface area (Å²) in [4.78, 5) is 0. The second kappa shape index (κ2) is 2.85. The van der Waals surface area contributed by atoms with Gasteiger partial charge in [-0.1, -0.05) is 34.8 Å². The van der Waals surface area contributed by atoms with Crippen molar-refractivity contribution in [3.05, 3.63) is 11.4 Å². The molecule has 0 rings (SSSR count). The zero-order valence-electron chi connectivity index (χ0n) is 3.47. The third-order valence-electron chi connectivity index (χ3n) is 0.367. The molecule has 8 heavy (non-hydrogen) atoms. The van der Waals surface area contributed by atoms with Crippen molar-refractivity contribution in [3.63, 3.8) is 0 Å². The van der Waals surface area contributed by atoms with Crippen molar-refractivity contribution in [3.8, 4) is 0 Å². The van der Waals surface area contributed by atoms with Gasteiger partial charge in [-0.15, -0.1) is 0 Å². The zero-order valence-corrected chi connectivity index (χ0v) is 5.73. The van der Waals surface area contributed by atoms with Gasteiger partial charge in [-0.05, 0) is 0 Å². The van der Waals surface area contributed by atoms with Crippen molar-refractivity contribution in [2.24, 2.45) is 0 Å². The molecule has 5 heteroatoms. The van der Waals surface area contributed by atoms with Gasteiger partial charge in [0.25, 0.3) is 0 Å². The van der Waals surface area contributed by atoms with E-state index in [0.717, 1.165) is 0 Å².